The fourth-order valence-corrected chi connectivity index (χ4v) is 1.30. The van der Waals surface area contributed by atoms with E-state index in [-0.39, 0.29) is 11.7 Å². The largest absolute Gasteiger partial charge is 0.444 e. The minimum atomic E-state index is -0.364. The van der Waals surface area contributed by atoms with Gasteiger partial charge >= 0.3 is 0 Å². The Morgan fingerprint density at radius 3 is 2.93 bits per heavy atom. The van der Waals surface area contributed by atoms with Gasteiger partial charge in [-0.1, -0.05) is 0 Å². The first-order valence-electron chi connectivity index (χ1n) is 4.07. The lowest BCUT2D eigenvalue weighted by Crippen LogP contribution is -2.14. The number of nitrogens with one attached hydrogen (secondary N) is 1. The third kappa shape index (κ3) is 2.07. The molecule has 0 bridgehead atoms. The molecule has 0 saturated heterocycles. The molecule has 0 radical (unpaired) electrons. The van der Waals surface area contributed by atoms with Gasteiger partial charge in [0.25, 0.3) is 5.91 Å². The summed E-state index contributed by atoms with van der Waals surface area (Å²) in [6, 6.07) is 3.21. The van der Waals surface area contributed by atoms with Gasteiger partial charge in [-0.15, -0.1) is 10.2 Å². The van der Waals surface area contributed by atoms with Crippen molar-refractivity contribution in [3.63, 3.8) is 0 Å². The van der Waals surface area contributed by atoms with Gasteiger partial charge in [0.05, 0.1) is 0 Å². The van der Waals surface area contributed by atoms with Gasteiger partial charge in [-0.05, 0) is 28.1 Å². The van der Waals surface area contributed by atoms with Gasteiger partial charge in [-0.25, -0.2) is 0 Å². The number of carbonyl (C=O) groups excluding carboxylic acids is 1. The number of aromatic nitrogens is 3. The molecule has 2 rings (SSSR count). The number of nitrogens with zero attached hydrogens (tertiary/aromatic N) is 3. The molecule has 0 unspecified atom stereocenters. The number of hydrogen-bond acceptors (Lipinski definition) is 4. The van der Waals surface area contributed by atoms with Crippen LogP contribution in [0.1, 0.15) is 10.6 Å². The standard InChI is InChI=1S/C8H7BrN4O2/c1-13-4-10-12-8(13)11-7(14)5-2-3-6(9)15-5/h2-4H,1H3,(H,11,12,14). The molecule has 2 heterocycles. The maximum atomic E-state index is 11.6. The van der Waals surface area contributed by atoms with Crippen molar-refractivity contribution in [3.8, 4) is 0 Å². The van der Waals surface area contributed by atoms with Crippen LogP contribution in [0.3, 0.4) is 0 Å². The van der Waals surface area contributed by atoms with E-state index in [1.807, 2.05) is 0 Å². The monoisotopic (exact) mass is 270 g/mol. The first-order valence-corrected chi connectivity index (χ1v) is 4.87. The Kier molecular flexibility index (Phi) is 2.55. The number of amides is 1. The van der Waals surface area contributed by atoms with E-state index in [1.165, 1.54) is 6.33 Å². The van der Waals surface area contributed by atoms with E-state index < -0.39 is 0 Å². The molecule has 0 aliphatic carbocycles. The molecule has 6 nitrogen and oxygen atoms in total. The van der Waals surface area contributed by atoms with E-state index in [4.69, 9.17) is 4.42 Å². The van der Waals surface area contributed by atoms with E-state index >= 15 is 0 Å². The maximum absolute atomic E-state index is 11.6. The van der Waals surface area contributed by atoms with Gasteiger partial charge in [-0.3, -0.25) is 10.1 Å². The predicted molar refractivity (Wildman–Crippen MR) is 55.4 cm³/mol. The number of furan rings is 1. The van der Waals surface area contributed by atoms with Crippen LogP contribution in [0.25, 0.3) is 0 Å². The summed E-state index contributed by atoms with van der Waals surface area (Å²) >= 11 is 3.11. The highest BCUT2D eigenvalue weighted by atomic mass is 79.9. The molecular weight excluding hydrogens is 264 g/mol. The van der Waals surface area contributed by atoms with Crippen molar-refractivity contribution < 1.29 is 9.21 Å². The fraction of sp³-hybridized carbons (Fsp3) is 0.125. The van der Waals surface area contributed by atoms with Gasteiger partial charge < -0.3 is 8.98 Å². The first kappa shape index (κ1) is 9.91. The molecule has 0 spiro atoms. The van der Waals surface area contributed by atoms with E-state index in [9.17, 15) is 4.79 Å². The Morgan fingerprint density at radius 2 is 2.40 bits per heavy atom. The molecule has 0 atom stereocenters. The molecule has 0 aromatic carbocycles. The first-order chi connectivity index (χ1) is 7.16. The Bertz CT molecular complexity index is 490. The molecule has 0 aliphatic rings. The average Bonchev–Trinajstić information content (AvgIpc) is 2.77. The molecule has 0 aliphatic heterocycles. The summed E-state index contributed by atoms with van der Waals surface area (Å²) in [5.41, 5.74) is 0. The highest BCUT2D eigenvalue weighted by Crippen LogP contribution is 2.14. The summed E-state index contributed by atoms with van der Waals surface area (Å²) in [7, 11) is 1.73. The van der Waals surface area contributed by atoms with Crippen LogP contribution in [-0.2, 0) is 7.05 Å². The number of rotatable bonds is 2. The van der Waals surface area contributed by atoms with Gasteiger partial charge in [0, 0.05) is 7.05 Å². The minimum Gasteiger partial charge on any atom is -0.444 e. The van der Waals surface area contributed by atoms with E-state index in [1.54, 1.807) is 23.7 Å². The van der Waals surface area contributed by atoms with Crippen molar-refractivity contribution in [2.45, 2.75) is 0 Å². The molecule has 1 amide bonds. The molecule has 78 valence electrons. The van der Waals surface area contributed by atoms with Crippen molar-refractivity contribution >= 4 is 27.8 Å². The Morgan fingerprint density at radius 1 is 1.60 bits per heavy atom. The van der Waals surface area contributed by atoms with Crippen molar-refractivity contribution in [1.29, 1.82) is 0 Å². The van der Waals surface area contributed by atoms with Crippen LogP contribution >= 0.6 is 15.9 Å². The second-order valence-corrected chi connectivity index (χ2v) is 3.60. The lowest BCUT2D eigenvalue weighted by molar-refractivity contribution is 0.0994. The van der Waals surface area contributed by atoms with Crippen LogP contribution < -0.4 is 5.32 Å². The highest BCUT2D eigenvalue weighted by Gasteiger charge is 2.12. The van der Waals surface area contributed by atoms with Gasteiger partial charge in [0.2, 0.25) is 5.95 Å². The smallest absolute Gasteiger partial charge is 0.293 e. The van der Waals surface area contributed by atoms with Crippen molar-refractivity contribution in [3.05, 3.63) is 28.9 Å². The topological polar surface area (TPSA) is 73.0 Å². The summed E-state index contributed by atoms with van der Waals surface area (Å²) in [6.45, 7) is 0. The molecule has 7 heteroatoms. The van der Waals surface area contributed by atoms with Crippen LogP contribution in [0.5, 0.6) is 0 Å². The van der Waals surface area contributed by atoms with Crippen LogP contribution in [-0.4, -0.2) is 20.7 Å². The molecule has 0 saturated carbocycles. The number of hydrogen-bond donors (Lipinski definition) is 1. The average molecular weight is 271 g/mol. The number of anilines is 1. The minimum absolute atomic E-state index is 0.213. The van der Waals surface area contributed by atoms with E-state index in [0.717, 1.165) is 0 Å². The Balaban J connectivity index is 2.14. The van der Waals surface area contributed by atoms with Crippen molar-refractivity contribution in [1.82, 2.24) is 14.8 Å². The van der Waals surface area contributed by atoms with Crippen molar-refractivity contribution in [2.24, 2.45) is 7.05 Å². The van der Waals surface area contributed by atoms with E-state index in [0.29, 0.717) is 10.6 Å². The predicted octanol–water partition coefficient (Wildman–Crippen LogP) is 1.42. The summed E-state index contributed by atoms with van der Waals surface area (Å²) < 4.78 is 7.18. The van der Waals surface area contributed by atoms with E-state index in [2.05, 4.69) is 31.4 Å². The zero-order chi connectivity index (χ0) is 10.8. The zero-order valence-electron chi connectivity index (χ0n) is 7.77. The highest BCUT2D eigenvalue weighted by molar-refractivity contribution is 9.10. The number of aryl methyl sites for hydroxylation is 1. The lowest BCUT2D eigenvalue weighted by atomic mass is 10.4. The molecule has 1 N–H and O–H groups in total. The second-order valence-electron chi connectivity index (χ2n) is 2.82. The zero-order valence-corrected chi connectivity index (χ0v) is 9.35. The summed E-state index contributed by atoms with van der Waals surface area (Å²) in [6.07, 6.45) is 1.49. The Hall–Kier alpha value is -1.63. The third-order valence-corrected chi connectivity index (χ3v) is 2.16. The van der Waals surface area contributed by atoms with Crippen LogP contribution in [0.15, 0.2) is 27.5 Å². The fourth-order valence-electron chi connectivity index (χ4n) is 0.996. The van der Waals surface area contributed by atoms with Crippen LogP contribution in [0.2, 0.25) is 0 Å². The third-order valence-electron chi connectivity index (χ3n) is 1.73. The molecular formula is C8H7BrN4O2. The van der Waals surface area contributed by atoms with Crippen molar-refractivity contribution in [2.75, 3.05) is 5.32 Å². The summed E-state index contributed by atoms with van der Waals surface area (Å²) in [4.78, 5) is 11.6. The summed E-state index contributed by atoms with van der Waals surface area (Å²) in [5, 5.41) is 9.90. The summed E-state index contributed by atoms with van der Waals surface area (Å²) in [5.74, 6) is 0.217. The second kappa shape index (κ2) is 3.85. The molecule has 2 aromatic heterocycles. The number of halogens is 1. The molecule has 2 aromatic rings. The molecule has 15 heavy (non-hydrogen) atoms. The van der Waals surface area contributed by atoms with Gasteiger partial charge in [-0.2, -0.15) is 0 Å². The van der Waals surface area contributed by atoms with Gasteiger partial charge in [0.1, 0.15) is 6.33 Å². The maximum Gasteiger partial charge on any atom is 0.293 e. The normalized spacial score (nSPS) is 10.3. The SMILES string of the molecule is Cn1cnnc1NC(=O)c1ccc(Br)o1. The number of carbonyl (C=O) groups is 1. The molecule has 0 fully saturated rings. The lowest BCUT2D eigenvalue weighted by Gasteiger charge is -2.00. The van der Waals surface area contributed by atoms with Gasteiger partial charge in [0.15, 0.2) is 10.4 Å². The van der Waals surface area contributed by atoms with Crippen LogP contribution in [0.4, 0.5) is 5.95 Å². The quantitative estimate of drug-likeness (QED) is 0.896. The van der Waals surface area contributed by atoms with Crippen LogP contribution in [0, 0.1) is 0 Å². The Labute approximate surface area is 93.4 Å².